The van der Waals surface area contributed by atoms with Crippen LogP contribution in [0.15, 0.2) is 30.8 Å². The Morgan fingerprint density at radius 3 is 2.24 bits per heavy atom. The van der Waals surface area contributed by atoms with Crippen molar-refractivity contribution in [2.75, 3.05) is 13.7 Å². The lowest BCUT2D eigenvalue weighted by atomic mass is 9.90. The zero-order valence-electron chi connectivity index (χ0n) is 24.3. The summed E-state index contributed by atoms with van der Waals surface area (Å²) < 4.78 is 10.1. The Labute approximate surface area is 227 Å². The van der Waals surface area contributed by atoms with E-state index in [1.54, 1.807) is 45.0 Å². The highest BCUT2D eigenvalue weighted by atomic mass is 16.6. The molecule has 0 saturated heterocycles. The standard InChI is InChI=1S/C29H45N3O6/c1-11-20-14-13-15-21(17-20)24(25(34)30-18-23(33)37-10)32(29(8,9)12-2)26(35)22(16-19(3)4)31-27(36)38-28(5,6)7/h11,13-15,17,19,22,24H,1,12,16,18H2,2-10H3,(H,30,34)(H,31,36). The number of methoxy groups -OCH3 is 1. The van der Waals surface area contributed by atoms with Gasteiger partial charge in [-0.1, -0.05) is 51.6 Å². The molecule has 2 atom stereocenters. The van der Waals surface area contributed by atoms with Gasteiger partial charge in [0.25, 0.3) is 0 Å². The number of nitrogens with one attached hydrogen (secondary N) is 2. The summed E-state index contributed by atoms with van der Waals surface area (Å²) in [5.74, 6) is -1.54. The molecule has 212 valence electrons. The topological polar surface area (TPSA) is 114 Å². The summed E-state index contributed by atoms with van der Waals surface area (Å²) in [5.41, 5.74) is -0.251. The molecule has 1 aromatic rings. The molecule has 1 aromatic carbocycles. The van der Waals surface area contributed by atoms with Crippen molar-refractivity contribution < 1.29 is 28.7 Å². The van der Waals surface area contributed by atoms with E-state index in [1.165, 1.54) is 12.0 Å². The normalized spacial score (nSPS) is 13.2. The fourth-order valence-electron chi connectivity index (χ4n) is 3.86. The van der Waals surface area contributed by atoms with Crippen molar-refractivity contribution in [1.29, 1.82) is 0 Å². The molecule has 9 nitrogen and oxygen atoms in total. The summed E-state index contributed by atoms with van der Waals surface area (Å²) in [4.78, 5) is 54.0. The van der Waals surface area contributed by atoms with Gasteiger partial charge in [-0.3, -0.25) is 14.4 Å². The molecule has 0 aromatic heterocycles. The van der Waals surface area contributed by atoms with Gasteiger partial charge in [0.05, 0.1) is 7.11 Å². The lowest BCUT2D eigenvalue weighted by Gasteiger charge is -2.44. The molecule has 0 aliphatic rings. The first-order valence-corrected chi connectivity index (χ1v) is 13.0. The van der Waals surface area contributed by atoms with E-state index in [0.717, 1.165) is 5.56 Å². The Kier molecular flexibility index (Phi) is 12.0. The van der Waals surface area contributed by atoms with Gasteiger partial charge >= 0.3 is 12.1 Å². The monoisotopic (exact) mass is 531 g/mol. The third-order valence-corrected chi connectivity index (χ3v) is 6.05. The van der Waals surface area contributed by atoms with Crippen LogP contribution in [0.1, 0.15) is 85.4 Å². The predicted molar refractivity (Wildman–Crippen MR) is 148 cm³/mol. The third kappa shape index (κ3) is 9.84. The third-order valence-electron chi connectivity index (χ3n) is 6.05. The minimum absolute atomic E-state index is 0.0566. The maximum Gasteiger partial charge on any atom is 0.408 e. The minimum Gasteiger partial charge on any atom is -0.468 e. The number of alkyl carbamates (subject to hydrolysis) is 1. The zero-order chi connectivity index (χ0) is 29.3. The summed E-state index contributed by atoms with van der Waals surface area (Å²) in [6, 6.07) is 5.09. The molecule has 2 N–H and O–H groups in total. The van der Waals surface area contributed by atoms with E-state index in [9.17, 15) is 19.2 Å². The lowest BCUT2D eigenvalue weighted by molar-refractivity contribution is -0.150. The molecule has 3 amide bonds. The van der Waals surface area contributed by atoms with Crippen LogP contribution in [0.3, 0.4) is 0 Å². The number of rotatable bonds is 12. The summed E-state index contributed by atoms with van der Waals surface area (Å²) in [6.07, 6.45) is 1.78. The number of hydrogen-bond acceptors (Lipinski definition) is 6. The Balaban J connectivity index is 3.68. The van der Waals surface area contributed by atoms with Gasteiger partial charge in [0.15, 0.2) is 0 Å². The number of nitrogens with zero attached hydrogens (tertiary/aromatic N) is 1. The van der Waals surface area contributed by atoms with Gasteiger partial charge in [-0.05, 0) is 70.6 Å². The summed E-state index contributed by atoms with van der Waals surface area (Å²) in [7, 11) is 1.23. The SMILES string of the molecule is C=Cc1cccc(C(C(=O)NCC(=O)OC)N(C(=O)C(CC(C)C)NC(=O)OC(C)(C)C)C(C)(C)CC)c1. The summed E-state index contributed by atoms with van der Waals surface area (Å²) in [5, 5.41) is 5.34. The van der Waals surface area contributed by atoms with Crippen molar-refractivity contribution in [1.82, 2.24) is 15.5 Å². The highest BCUT2D eigenvalue weighted by Crippen LogP contribution is 2.33. The minimum atomic E-state index is -1.10. The van der Waals surface area contributed by atoms with Crippen LogP contribution in [-0.2, 0) is 23.9 Å². The molecule has 9 heteroatoms. The van der Waals surface area contributed by atoms with E-state index < -0.39 is 47.1 Å². The van der Waals surface area contributed by atoms with Crippen molar-refractivity contribution in [2.45, 2.75) is 91.5 Å². The number of carbonyl (C=O) groups excluding carboxylic acids is 4. The molecule has 0 heterocycles. The molecule has 0 fully saturated rings. The Hall–Kier alpha value is -3.36. The Bertz CT molecular complexity index is 996. The van der Waals surface area contributed by atoms with Gasteiger partial charge in [-0.2, -0.15) is 0 Å². The van der Waals surface area contributed by atoms with Crippen molar-refractivity contribution >= 4 is 30.0 Å². The van der Waals surface area contributed by atoms with Crippen LogP contribution in [0.25, 0.3) is 6.08 Å². The molecule has 0 aliphatic carbocycles. The fraction of sp³-hybridized carbons (Fsp3) is 0.586. The number of amides is 3. The maximum absolute atomic E-state index is 14.3. The van der Waals surface area contributed by atoms with Crippen LogP contribution in [0, 0.1) is 5.92 Å². The van der Waals surface area contributed by atoms with E-state index in [1.807, 2.05) is 40.7 Å². The second kappa shape index (κ2) is 14.0. The lowest BCUT2D eigenvalue weighted by Crippen LogP contribution is -2.59. The average molecular weight is 532 g/mol. The van der Waals surface area contributed by atoms with Gasteiger partial charge in [0.2, 0.25) is 11.8 Å². The van der Waals surface area contributed by atoms with E-state index >= 15 is 0 Å². The largest absolute Gasteiger partial charge is 0.468 e. The quantitative estimate of drug-likeness (QED) is 0.381. The highest BCUT2D eigenvalue weighted by Gasteiger charge is 2.43. The van der Waals surface area contributed by atoms with Gasteiger partial charge < -0.3 is 25.0 Å². The summed E-state index contributed by atoms with van der Waals surface area (Å²) in [6.45, 7) is 18.2. The molecule has 0 bridgehead atoms. The smallest absolute Gasteiger partial charge is 0.408 e. The number of hydrogen-bond donors (Lipinski definition) is 2. The van der Waals surface area contributed by atoms with E-state index in [0.29, 0.717) is 18.4 Å². The Morgan fingerprint density at radius 2 is 1.74 bits per heavy atom. The van der Waals surface area contributed by atoms with Crippen molar-refractivity contribution in [3.05, 3.63) is 42.0 Å². The van der Waals surface area contributed by atoms with Gasteiger partial charge in [-0.25, -0.2) is 4.79 Å². The van der Waals surface area contributed by atoms with E-state index in [2.05, 4.69) is 21.9 Å². The number of esters is 1. The van der Waals surface area contributed by atoms with Crippen LogP contribution in [0.5, 0.6) is 0 Å². The second-order valence-electron chi connectivity index (χ2n) is 11.3. The van der Waals surface area contributed by atoms with Gasteiger partial charge in [-0.15, -0.1) is 0 Å². The first-order valence-electron chi connectivity index (χ1n) is 13.0. The van der Waals surface area contributed by atoms with Crippen molar-refractivity contribution in [3.63, 3.8) is 0 Å². The van der Waals surface area contributed by atoms with Gasteiger partial charge in [0.1, 0.15) is 24.2 Å². The molecular weight excluding hydrogens is 486 g/mol. The van der Waals surface area contributed by atoms with Crippen LogP contribution in [0.4, 0.5) is 4.79 Å². The molecular formula is C29H45N3O6. The second-order valence-corrected chi connectivity index (χ2v) is 11.3. The molecule has 0 saturated carbocycles. The zero-order valence-corrected chi connectivity index (χ0v) is 24.3. The highest BCUT2D eigenvalue weighted by molar-refractivity contribution is 5.93. The fourth-order valence-corrected chi connectivity index (χ4v) is 3.86. The molecule has 0 spiro atoms. The van der Waals surface area contributed by atoms with Crippen LogP contribution in [-0.4, -0.2) is 59.6 Å². The molecule has 0 aliphatic heterocycles. The average Bonchev–Trinajstić information content (AvgIpc) is 2.83. The van der Waals surface area contributed by atoms with Crippen molar-refractivity contribution in [2.24, 2.45) is 5.92 Å². The first kappa shape index (κ1) is 32.7. The summed E-state index contributed by atoms with van der Waals surface area (Å²) >= 11 is 0. The predicted octanol–water partition coefficient (Wildman–Crippen LogP) is 4.62. The maximum atomic E-state index is 14.3. The number of benzene rings is 1. The Morgan fingerprint density at radius 1 is 1.11 bits per heavy atom. The molecule has 2 unspecified atom stereocenters. The molecule has 0 radical (unpaired) electrons. The van der Waals surface area contributed by atoms with Crippen LogP contribution >= 0.6 is 0 Å². The molecule has 1 rings (SSSR count). The van der Waals surface area contributed by atoms with Crippen LogP contribution < -0.4 is 10.6 Å². The van der Waals surface area contributed by atoms with Crippen LogP contribution in [0.2, 0.25) is 0 Å². The molecule has 38 heavy (non-hydrogen) atoms. The number of ether oxygens (including phenoxy) is 2. The van der Waals surface area contributed by atoms with Crippen molar-refractivity contribution in [3.8, 4) is 0 Å². The van der Waals surface area contributed by atoms with E-state index in [-0.39, 0.29) is 12.5 Å². The first-order chi connectivity index (χ1) is 17.6. The number of carbonyl (C=O) groups is 4. The van der Waals surface area contributed by atoms with E-state index in [4.69, 9.17) is 4.74 Å². The van der Waals surface area contributed by atoms with Gasteiger partial charge in [0, 0.05) is 5.54 Å².